The number of carbonyl (C=O) groups excluding carboxylic acids is 1. The Morgan fingerprint density at radius 1 is 1.28 bits per heavy atom. The maximum Gasteiger partial charge on any atom is 0.162 e. The fraction of sp³-hybridized carbons (Fsp3) is 0.286. The molecule has 1 aromatic heterocycles. The second-order valence-corrected chi connectivity index (χ2v) is 5.02. The van der Waals surface area contributed by atoms with E-state index in [0.717, 1.165) is 22.3 Å². The molecule has 0 aliphatic carbocycles. The maximum absolute atomic E-state index is 11.7. The van der Waals surface area contributed by atoms with E-state index >= 15 is 0 Å². The Morgan fingerprint density at radius 3 is 2.50 bits per heavy atom. The number of pyridine rings is 1. The van der Waals surface area contributed by atoms with Crippen LogP contribution in [0.2, 0.25) is 5.02 Å². The standard InChI is InChI=1S/C14H15ClN2O/c1-8-5-13(17(3)4)12-7-10(15)6-11(9(2)18)14(12)16-8/h5-7H,1-4H3. The Bertz CT molecular complexity index is 635. The van der Waals surface area contributed by atoms with Crippen molar-refractivity contribution >= 4 is 34.0 Å². The van der Waals surface area contributed by atoms with E-state index in [9.17, 15) is 4.79 Å². The van der Waals surface area contributed by atoms with Gasteiger partial charge in [0.05, 0.1) is 5.52 Å². The van der Waals surface area contributed by atoms with Gasteiger partial charge in [0.15, 0.2) is 5.78 Å². The van der Waals surface area contributed by atoms with Gasteiger partial charge in [0.1, 0.15) is 0 Å². The summed E-state index contributed by atoms with van der Waals surface area (Å²) < 4.78 is 0. The minimum atomic E-state index is -0.0229. The first-order valence-corrected chi connectivity index (χ1v) is 6.07. The van der Waals surface area contributed by atoms with Crippen LogP contribution < -0.4 is 4.90 Å². The fourth-order valence-corrected chi connectivity index (χ4v) is 2.26. The summed E-state index contributed by atoms with van der Waals surface area (Å²) in [5.41, 5.74) is 3.19. The molecule has 2 rings (SSSR count). The highest BCUT2D eigenvalue weighted by Crippen LogP contribution is 2.30. The SMILES string of the molecule is CC(=O)c1cc(Cl)cc2c(N(C)C)cc(C)nc12. The van der Waals surface area contributed by atoms with Crippen LogP contribution in [0.15, 0.2) is 18.2 Å². The summed E-state index contributed by atoms with van der Waals surface area (Å²) in [5, 5.41) is 1.46. The second-order valence-electron chi connectivity index (χ2n) is 4.58. The number of aryl methyl sites for hydroxylation is 1. The van der Waals surface area contributed by atoms with Gasteiger partial charge in [0.2, 0.25) is 0 Å². The summed E-state index contributed by atoms with van der Waals surface area (Å²) in [5.74, 6) is -0.0229. The molecular weight excluding hydrogens is 248 g/mol. The molecule has 3 nitrogen and oxygen atoms in total. The minimum Gasteiger partial charge on any atom is -0.377 e. The van der Waals surface area contributed by atoms with Gasteiger partial charge in [0, 0.05) is 41.4 Å². The number of fused-ring (bicyclic) bond motifs is 1. The lowest BCUT2D eigenvalue weighted by molar-refractivity contribution is 0.101. The third-order valence-corrected chi connectivity index (χ3v) is 3.06. The van der Waals surface area contributed by atoms with Crippen molar-refractivity contribution in [3.63, 3.8) is 0 Å². The molecular formula is C14H15ClN2O. The Morgan fingerprint density at radius 2 is 1.94 bits per heavy atom. The van der Waals surface area contributed by atoms with Crippen LogP contribution in [0.3, 0.4) is 0 Å². The van der Waals surface area contributed by atoms with E-state index in [0.29, 0.717) is 10.6 Å². The van der Waals surface area contributed by atoms with E-state index in [1.54, 1.807) is 6.07 Å². The van der Waals surface area contributed by atoms with Gasteiger partial charge in [-0.05, 0) is 32.0 Å². The molecule has 0 N–H and O–H groups in total. The third-order valence-electron chi connectivity index (χ3n) is 2.85. The number of benzene rings is 1. The Kier molecular flexibility index (Phi) is 3.26. The zero-order valence-electron chi connectivity index (χ0n) is 10.9. The topological polar surface area (TPSA) is 33.2 Å². The van der Waals surface area contributed by atoms with Gasteiger partial charge >= 0.3 is 0 Å². The molecule has 0 bridgehead atoms. The number of ketones is 1. The normalized spacial score (nSPS) is 10.7. The molecule has 18 heavy (non-hydrogen) atoms. The first-order chi connectivity index (χ1) is 8.40. The molecule has 0 aliphatic rings. The van der Waals surface area contributed by atoms with Crippen molar-refractivity contribution in [2.45, 2.75) is 13.8 Å². The molecule has 0 saturated heterocycles. The number of carbonyl (C=O) groups is 1. The lowest BCUT2D eigenvalue weighted by Gasteiger charge is -2.17. The molecule has 0 amide bonds. The Hall–Kier alpha value is -1.61. The van der Waals surface area contributed by atoms with Crippen LogP contribution in [0, 0.1) is 6.92 Å². The predicted octanol–water partition coefficient (Wildman–Crippen LogP) is 3.47. The van der Waals surface area contributed by atoms with Gasteiger partial charge in [-0.15, -0.1) is 0 Å². The van der Waals surface area contributed by atoms with E-state index < -0.39 is 0 Å². The van der Waals surface area contributed by atoms with Crippen LogP contribution in [-0.4, -0.2) is 24.9 Å². The molecule has 1 aromatic carbocycles. The minimum absolute atomic E-state index is 0.0229. The van der Waals surface area contributed by atoms with E-state index in [4.69, 9.17) is 11.6 Å². The van der Waals surface area contributed by atoms with E-state index in [2.05, 4.69) is 4.98 Å². The van der Waals surface area contributed by atoms with Gasteiger partial charge in [-0.1, -0.05) is 11.6 Å². The number of anilines is 1. The molecule has 0 fully saturated rings. The highest BCUT2D eigenvalue weighted by Gasteiger charge is 2.13. The van der Waals surface area contributed by atoms with Gasteiger partial charge in [-0.25, -0.2) is 0 Å². The average Bonchev–Trinajstić information content (AvgIpc) is 2.27. The molecule has 0 unspecified atom stereocenters. The molecule has 4 heteroatoms. The maximum atomic E-state index is 11.7. The molecule has 0 atom stereocenters. The lowest BCUT2D eigenvalue weighted by Crippen LogP contribution is -2.10. The summed E-state index contributed by atoms with van der Waals surface area (Å²) in [7, 11) is 3.92. The van der Waals surface area contributed by atoms with Crippen molar-refractivity contribution in [2.24, 2.45) is 0 Å². The van der Waals surface area contributed by atoms with Gasteiger partial charge in [-0.2, -0.15) is 0 Å². The third kappa shape index (κ3) is 2.18. The number of hydrogen-bond acceptors (Lipinski definition) is 3. The average molecular weight is 263 g/mol. The van der Waals surface area contributed by atoms with Crippen molar-refractivity contribution in [3.8, 4) is 0 Å². The first-order valence-electron chi connectivity index (χ1n) is 5.69. The van der Waals surface area contributed by atoms with Gasteiger partial charge in [-0.3, -0.25) is 9.78 Å². The fourth-order valence-electron chi connectivity index (χ4n) is 2.04. The Labute approximate surface area is 111 Å². The molecule has 0 radical (unpaired) electrons. The zero-order chi connectivity index (χ0) is 13.4. The number of Topliss-reactive ketones (excluding diaryl/α,β-unsaturated/α-hetero) is 1. The second kappa shape index (κ2) is 4.58. The van der Waals surface area contributed by atoms with Crippen molar-refractivity contribution in [2.75, 3.05) is 19.0 Å². The molecule has 1 heterocycles. The quantitative estimate of drug-likeness (QED) is 0.777. The Balaban J connectivity index is 2.94. The van der Waals surface area contributed by atoms with Crippen molar-refractivity contribution in [1.29, 1.82) is 0 Å². The van der Waals surface area contributed by atoms with Crippen LogP contribution in [0.25, 0.3) is 10.9 Å². The van der Waals surface area contributed by atoms with Crippen molar-refractivity contribution < 1.29 is 4.79 Å². The van der Waals surface area contributed by atoms with Crippen molar-refractivity contribution in [3.05, 3.63) is 34.5 Å². The molecule has 94 valence electrons. The predicted molar refractivity (Wildman–Crippen MR) is 75.8 cm³/mol. The number of halogens is 1. The summed E-state index contributed by atoms with van der Waals surface area (Å²) in [4.78, 5) is 18.2. The highest BCUT2D eigenvalue weighted by atomic mass is 35.5. The van der Waals surface area contributed by atoms with Crippen molar-refractivity contribution in [1.82, 2.24) is 4.98 Å². The van der Waals surface area contributed by atoms with E-state index in [1.807, 2.05) is 38.1 Å². The highest BCUT2D eigenvalue weighted by molar-refractivity contribution is 6.32. The number of nitrogens with zero attached hydrogens (tertiary/aromatic N) is 2. The van der Waals surface area contributed by atoms with Crippen LogP contribution in [0.4, 0.5) is 5.69 Å². The number of rotatable bonds is 2. The molecule has 2 aromatic rings. The first kappa shape index (κ1) is 12.8. The summed E-state index contributed by atoms with van der Waals surface area (Å²) in [6, 6.07) is 5.52. The number of hydrogen-bond donors (Lipinski definition) is 0. The van der Waals surface area contributed by atoms with E-state index in [1.165, 1.54) is 6.92 Å². The van der Waals surface area contributed by atoms with E-state index in [-0.39, 0.29) is 5.78 Å². The molecule has 0 aliphatic heterocycles. The molecule has 0 spiro atoms. The van der Waals surface area contributed by atoms with Crippen LogP contribution in [-0.2, 0) is 0 Å². The summed E-state index contributed by atoms with van der Waals surface area (Å²) >= 11 is 6.09. The largest absolute Gasteiger partial charge is 0.377 e. The number of aromatic nitrogens is 1. The summed E-state index contributed by atoms with van der Waals surface area (Å²) in [6.45, 7) is 3.45. The molecule has 0 saturated carbocycles. The van der Waals surface area contributed by atoms with Crippen LogP contribution in [0.1, 0.15) is 23.0 Å². The van der Waals surface area contributed by atoms with Gasteiger partial charge < -0.3 is 4.90 Å². The van der Waals surface area contributed by atoms with Gasteiger partial charge in [0.25, 0.3) is 0 Å². The van der Waals surface area contributed by atoms with Crippen LogP contribution in [0.5, 0.6) is 0 Å². The van der Waals surface area contributed by atoms with Crippen LogP contribution >= 0.6 is 11.6 Å². The summed E-state index contributed by atoms with van der Waals surface area (Å²) in [6.07, 6.45) is 0. The lowest BCUT2D eigenvalue weighted by atomic mass is 10.0. The monoisotopic (exact) mass is 262 g/mol. The smallest absolute Gasteiger partial charge is 0.162 e. The zero-order valence-corrected chi connectivity index (χ0v) is 11.7.